The molecule has 0 bridgehead atoms. The Morgan fingerprint density at radius 1 is 0.958 bits per heavy atom. The number of hydrogen-bond acceptors (Lipinski definition) is 3. The van der Waals surface area contributed by atoms with Gasteiger partial charge in [0, 0.05) is 35.7 Å². The van der Waals surface area contributed by atoms with Crippen LogP contribution in [0.25, 0.3) is 28.6 Å². The summed E-state index contributed by atoms with van der Waals surface area (Å²) in [5.74, 6) is 1.60. The van der Waals surface area contributed by atoms with Crippen LogP contribution in [0.3, 0.4) is 0 Å². The SMILES string of the molecule is Clc1ccc2c(c1)-n1c(-c3ccncc3)nnc1-c1cccn1C2. The molecule has 1 aromatic carbocycles. The van der Waals surface area contributed by atoms with Gasteiger partial charge in [0.2, 0.25) is 0 Å². The summed E-state index contributed by atoms with van der Waals surface area (Å²) in [7, 11) is 0. The highest BCUT2D eigenvalue weighted by Crippen LogP contribution is 2.34. The van der Waals surface area contributed by atoms with Gasteiger partial charge in [-0.2, -0.15) is 0 Å². The molecule has 0 fully saturated rings. The Labute approximate surface area is 143 Å². The van der Waals surface area contributed by atoms with Crippen molar-refractivity contribution in [2.24, 2.45) is 0 Å². The van der Waals surface area contributed by atoms with Crippen LogP contribution in [0.1, 0.15) is 5.56 Å². The molecule has 5 nitrogen and oxygen atoms in total. The zero-order valence-corrected chi connectivity index (χ0v) is 13.4. The molecule has 0 N–H and O–H groups in total. The molecule has 0 atom stereocenters. The Bertz CT molecular complexity index is 1050. The molecule has 0 saturated carbocycles. The molecule has 116 valence electrons. The number of rotatable bonds is 1. The maximum absolute atomic E-state index is 6.28. The lowest BCUT2D eigenvalue weighted by Crippen LogP contribution is -2.02. The third kappa shape index (κ3) is 1.91. The minimum atomic E-state index is 0.695. The summed E-state index contributed by atoms with van der Waals surface area (Å²) in [6.45, 7) is 0.772. The van der Waals surface area contributed by atoms with Gasteiger partial charge in [-0.3, -0.25) is 9.55 Å². The molecule has 24 heavy (non-hydrogen) atoms. The Balaban J connectivity index is 1.88. The van der Waals surface area contributed by atoms with Gasteiger partial charge in [0.1, 0.15) is 0 Å². The number of halogens is 1. The van der Waals surface area contributed by atoms with Gasteiger partial charge in [0.05, 0.1) is 11.4 Å². The Hall–Kier alpha value is -2.92. The van der Waals surface area contributed by atoms with E-state index in [0.717, 1.165) is 35.1 Å². The summed E-state index contributed by atoms with van der Waals surface area (Å²) >= 11 is 6.28. The maximum atomic E-state index is 6.28. The molecule has 1 aliphatic heterocycles. The second-order valence-corrected chi connectivity index (χ2v) is 6.15. The predicted molar refractivity (Wildman–Crippen MR) is 92.1 cm³/mol. The minimum Gasteiger partial charge on any atom is -0.340 e. The number of aromatic nitrogens is 5. The molecule has 4 heterocycles. The molecule has 0 unspecified atom stereocenters. The molecule has 0 aliphatic carbocycles. The van der Waals surface area contributed by atoms with Crippen LogP contribution in [-0.4, -0.2) is 24.3 Å². The molecular formula is C18H12ClN5. The van der Waals surface area contributed by atoms with Gasteiger partial charge in [-0.1, -0.05) is 17.7 Å². The zero-order valence-electron chi connectivity index (χ0n) is 12.6. The molecular weight excluding hydrogens is 322 g/mol. The van der Waals surface area contributed by atoms with E-state index >= 15 is 0 Å². The first-order chi connectivity index (χ1) is 11.8. The number of benzene rings is 1. The Morgan fingerprint density at radius 3 is 2.67 bits per heavy atom. The van der Waals surface area contributed by atoms with E-state index in [9.17, 15) is 0 Å². The molecule has 1 aliphatic rings. The third-order valence-electron chi connectivity index (χ3n) is 4.29. The molecule has 0 amide bonds. The van der Waals surface area contributed by atoms with Crippen molar-refractivity contribution in [2.75, 3.05) is 0 Å². The lowest BCUT2D eigenvalue weighted by atomic mass is 10.1. The fraction of sp³-hybridized carbons (Fsp3) is 0.0556. The highest BCUT2D eigenvalue weighted by molar-refractivity contribution is 6.30. The lowest BCUT2D eigenvalue weighted by molar-refractivity contribution is 0.816. The number of nitrogens with zero attached hydrogens (tertiary/aromatic N) is 5. The van der Waals surface area contributed by atoms with Crippen LogP contribution < -0.4 is 0 Å². The Morgan fingerprint density at radius 2 is 1.79 bits per heavy atom. The van der Waals surface area contributed by atoms with Crippen LogP contribution in [0.4, 0.5) is 0 Å². The first-order valence-electron chi connectivity index (χ1n) is 7.61. The molecule has 5 rings (SSSR count). The number of hydrogen-bond donors (Lipinski definition) is 0. The van der Waals surface area contributed by atoms with E-state index in [4.69, 9.17) is 11.6 Å². The molecule has 6 heteroatoms. The van der Waals surface area contributed by atoms with Crippen molar-refractivity contribution >= 4 is 11.6 Å². The summed E-state index contributed by atoms with van der Waals surface area (Å²) in [5.41, 5.74) is 4.19. The van der Waals surface area contributed by atoms with Crippen molar-refractivity contribution < 1.29 is 0 Å². The second kappa shape index (κ2) is 5.04. The third-order valence-corrected chi connectivity index (χ3v) is 4.52. The molecule has 3 aromatic heterocycles. The predicted octanol–water partition coefficient (Wildman–Crippen LogP) is 3.81. The molecule has 0 radical (unpaired) electrons. The first kappa shape index (κ1) is 13.5. The fourth-order valence-corrected chi connectivity index (χ4v) is 3.35. The van der Waals surface area contributed by atoms with E-state index in [-0.39, 0.29) is 0 Å². The second-order valence-electron chi connectivity index (χ2n) is 5.71. The van der Waals surface area contributed by atoms with E-state index in [1.807, 2.05) is 30.3 Å². The number of pyridine rings is 1. The fourth-order valence-electron chi connectivity index (χ4n) is 3.18. The highest BCUT2D eigenvalue weighted by Gasteiger charge is 2.24. The minimum absolute atomic E-state index is 0.695. The van der Waals surface area contributed by atoms with Crippen LogP contribution >= 0.6 is 11.6 Å². The van der Waals surface area contributed by atoms with Crippen LogP contribution in [0.2, 0.25) is 5.02 Å². The van der Waals surface area contributed by atoms with Crippen LogP contribution in [-0.2, 0) is 6.54 Å². The quantitative estimate of drug-likeness (QED) is 0.468. The van der Waals surface area contributed by atoms with Crippen molar-refractivity contribution in [1.29, 1.82) is 0 Å². The lowest BCUT2D eigenvalue weighted by Gasteiger charge is -2.12. The monoisotopic (exact) mass is 333 g/mol. The largest absolute Gasteiger partial charge is 0.340 e. The van der Waals surface area contributed by atoms with Gasteiger partial charge in [0.25, 0.3) is 0 Å². The van der Waals surface area contributed by atoms with Gasteiger partial charge in [-0.15, -0.1) is 10.2 Å². The topological polar surface area (TPSA) is 48.5 Å². The van der Waals surface area contributed by atoms with Crippen molar-refractivity contribution in [1.82, 2.24) is 24.3 Å². The van der Waals surface area contributed by atoms with E-state index in [1.54, 1.807) is 12.4 Å². The smallest absolute Gasteiger partial charge is 0.185 e. The summed E-state index contributed by atoms with van der Waals surface area (Å²) < 4.78 is 4.26. The van der Waals surface area contributed by atoms with Crippen LogP contribution in [0.15, 0.2) is 61.1 Å². The normalized spacial score (nSPS) is 12.2. The van der Waals surface area contributed by atoms with Crippen LogP contribution in [0, 0.1) is 0 Å². The van der Waals surface area contributed by atoms with Crippen molar-refractivity contribution in [2.45, 2.75) is 6.54 Å². The van der Waals surface area contributed by atoms with E-state index in [2.05, 4.69) is 42.6 Å². The van der Waals surface area contributed by atoms with Gasteiger partial charge in [-0.25, -0.2) is 0 Å². The van der Waals surface area contributed by atoms with Gasteiger partial charge in [0.15, 0.2) is 11.6 Å². The van der Waals surface area contributed by atoms with Gasteiger partial charge >= 0.3 is 0 Å². The Kier molecular flexibility index (Phi) is 2.84. The number of fused-ring (bicyclic) bond motifs is 5. The van der Waals surface area contributed by atoms with E-state index in [1.165, 1.54) is 5.56 Å². The van der Waals surface area contributed by atoms with Crippen molar-refractivity contribution in [3.8, 4) is 28.6 Å². The van der Waals surface area contributed by atoms with E-state index < -0.39 is 0 Å². The van der Waals surface area contributed by atoms with Gasteiger partial charge in [-0.05, 0) is 42.0 Å². The average molecular weight is 334 g/mol. The van der Waals surface area contributed by atoms with Crippen LogP contribution in [0.5, 0.6) is 0 Å². The summed E-state index contributed by atoms with van der Waals surface area (Å²) in [4.78, 5) is 4.09. The molecule has 0 saturated heterocycles. The maximum Gasteiger partial charge on any atom is 0.185 e. The van der Waals surface area contributed by atoms with Crippen molar-refractivity contribution in [3.05, 3.63) is 71.6 Å². The standard InChI is InChI=1S/C18H12ClN5/c19-14-4-3-13-11-23-9-1-2-15(23)18-22-21-17(24(18)16(13)10-14)12-5-7-20-8-6-12/h1-10H,11H2. The highest BCUT2D eigenvalue weighted by atomic mass is 35.5. The summed E-state index contributed by atoms with van der Waals surface area (Å²) in [6, 6.07) is 13.9. The summed E-state index contributed by atoms with van der Waals surface area (Å²) in [6.07, 6.45) is 5.58. The molecule has 0 spiro atoms. The molecule has 4 aromatic rings. The average Bonchev–Trinajstić information content (AvgIpc) is 3.21. The zero-order chi connectivity index (χ0) is 16.1. The van der Waals surface area contributed by atoms with E-state index in [0.29, 0.717) is 5.02 Å². The van der Waals surface area contributed by atoms with Crippen molar-refractivity contribution in [3.63, 3.8) is 0 Å². The summed E-state index contributed by atoms with van der Waals surface area (Å²) in [5, 5.41) is 9.60. The first-order valence-corrected chi connectivity index (χ1v) is 7.99. The van der Waals surface area contributed by atoms with Gasteiger partial charge < -0.3 is 4.57 Å².